The molecule has 2 heteroatoms. The predicted molar refractivity (Wildman–Crippen MR) is 64.3 cm³/mol. The molecular weight excluding hydrogens is 184 g/mol. The summed E-state index contributed by atoms with van der Waals surface area (Å²) in [6.07, 6.45) is 4.79. The number of aromatic amines is 1. The average molecular weight is 206 g/mol. The third-order valence-corrected chi connectivity index (χ3v) is 3.88. The van der Waals surface area contributed by atoms with E-state index < -0.39 is 0 Å². The summed E-state index contributed by atoms with van der Waals surface area (Å²) in [5.74, 6) is 1.57. The molecule has 2 rings (SSSR count). The van der Waals surface area contributed by atoms with Gasteiger partial charge in [-0.2, -0.15) is 0 Å². The standard InChI is InChI=1S/C13H22N2/c1-9-8-15-11(3)13(9)10(2)12-4-6-14-7-5-12/h8,10,12,14-15H,4-7H2,1-3H3. The first-order valence-corrected chi connectivity index (χ1v) is 6.05. The number of nitrogens with one attached hydrogen (secondary N) is 2. The van der Waals surface area contributed by atoms with E-state index in [0.717, 1.165) is 5.92 Å². The molecule has 0 saturated carbocycles. The zero-order valence-electron chi connectivity index (χ0n) is 10.1. The highest BCUT2D eigenvalue weighted by atomic mass is 14.9. The summed E-state index contributed by atoms with van der Waals surface area (Å²) < 4.78 is 0. The van der Waals surface area contributed by atoms with Crippen molar-refractivity contribution in [1.29, 1.82) is 0 Å². The molecule has 0 aliphatic carbocycles. The monoisotopic (exact) mass is 206 g/mol. The van der Waals surface area contributed by atoms with E-state index in [-0.39, 0.29) is 0 Å². The second kappa shape index (κ2) is 4.40. The summed E-state index contributed by atoms with van der Waals surface area (Å²) in [4.78, 5) is 3.34. The van der Waals surface area contributed by atoms with Gasteiger partial charge in [-0.25, -0.2) is 0 Å². The molecule has 2 heterocycles. The minimum atomic E-state index is 0.707. The Morgan fingerprint density at radius 2 is 1.93 bits per heavy atom. The lowest BCUT2D eigenvalue weighted by molar-refractivity contribution is 0.329. The van der Waals surface area contributed by atoms with Crippen LogP contribution in [-0.2, 0) is 0 Å². The second-order valence-corrected chi connectivity index (χ2v) is 4.89. The molecule has 0 bridgehead atoms. The Morgan fingerprint density at radius 1 is 1.27 bits per heavy atom. The van der Waals surface area contributed by atoms with Crippen molar-refractivity contribution in [3.8, 4) is 0 Å². The van der Waals surface area contributed by atoms with Crippen LogP contribution in [-0.4, -0.2) is 18.1 Å². The number of aromatic nitrogens is 1. The van der Waals surface area contributed by atoms with Crippen LogP contribution < -0.4 is 5.32 Å². The summed E-state index contributed by atoms with van der Waals surface area (Å²) in [6.45, 7) is 9.19. The number of hydrogen-bond donors (Lipinski definition) is 2. The first kappa shape index (κ1) is 10.7. The average Bonchev–Trinajstić information content (AvgIpc) is 2.59. The quantitative estimate of drug-likeness (QED) is 0.765. The fraction of sp³-hybridized carbons (Fsp3) is 0.692. The first-order valence-electron chi connectivity index (χ1n) is 6.05. The molecule has 2 N–H and O–H groups in total. The highest BCUT2D eigenvalue weighted by molar-refractivity contribution is 5.32. The van der Waals surface area contributed by atoms with E-state index in [0.29, 0.717) is 5.92 Å². The van der Waals surface area contributed by atoms with Crippen LogP contribution in [0.3, 0.4) is 0 Å². The molecule has 0 amide bonds. The molecule has 1 aliphatic heterocycles. The second-order valence-electron chi connectivity index (χ2n) is 4.89. The van der Waals surface area contributed by atoms with Crippen LogP contribution in [0.1, 0.15) is 42.5 Å². The van der Waals surface area contributed by atoms with E-state index in [2.05, 4.69) is 37.3 Å². The third kappa shape index (κ3) is 2.10. The fourth-order valence-corrected chi connectivity index (χ4v) is 2.95. The zero-order chi connectivity index (χ0) is 10.8. The van der Waals surface area contributed by atoms with Crippen molar-refractivity contribution >= 4 is 0 Å². The molecule has 1 atom stereocenters. The first-order chi connectivity index (χ1) is 7.20. The van der Waals surface area contributed by atoms with Gasteiger partial charge in [0.1, 0.15) is 0 Å². The van der Waals surface area contributed by atoms with Crippen molar-refractivity contribution < 1.29 is 0 Å². The summed E-state index contributed by atoms with van der Waals surface area (Å²) >= 11 is 0. The fourth-order valence-electron chi connectivity index (χ4n) is 2.95. The Morgan fingerprint density at radius 3 is 2.47 bits per heavy atom. The van der Waals surface area contributed by atoms with E-state index in [1.807, 2.05) is 0 Å². The van der Waals surface area contributed by atoms with E-state index in [4.69, 9.17) is 0 Å². The van der Waals surface area contributed by atoms with Crippen molar-refractivity contribution in [1.82, 2.24) is 10.3 Å². The van der Waals surface area contributed by atoms with Crippen LogP contribution in [0.15, 0.2) is 6.20 Å². The Kier molecular flexibility index (Phi) is 3.15. The van der Waals surface area contributed by atoms with Gasteiger partial charge in [-0.05, 0) is 62.7 Å². The lowest BCUT2D eigenvalue weighted by atomic mass is 9.80. The molecule has 2 nitrogen and oxygen atoms in total. The smallest absolute Gasteiger partial charge is 0.0153 e. The Bertz CT molecular complexity index is 302. The van der Waals surface area contributed by atoms with Gasteiger partial charge in [-0.3, -0.25) is 0 Å². The Labute approximate surface area is 92.5 Å². The summed E-state index contributed by atoms with van der Waals surface area (Å²) in [5.41, 5.74) is 4.35. The van der Waals surface area contributed by atoms with E-state index >= 15 is 0 Å². The van der Waals surface area contributed by atoms with Gasteiger partial charge in [-0.1, -0.05) is 6.92 Å². The van der Waals surface area contributed by atoms with Crippen molar-refractivity contribution in [2.75, 3.05) is 13.1 Å². The Balaban J connectivity index is 2.15. The van der Waals surface area contributed by atoms with Gasteiger partial charge in [0.25, 0.3) is 0 Å². The van der Waals surface area contributed by atoms with Crippen molar-refractivity contribution in [3.63, 3.8) is 0 Å². The van der Waals surface area contributed by atoms with Gasteiger partial charge in [0.2, 0.25) is 0 Å². The van der Waals surface area contributed by atoms with Crippen molar-refractivity contribution in [2.24, 2.45) is 5.92 Å². The number of hydrogen-bond acceptors (Lipinski definition) is 1. The number of rotatable bonds is 2. The molecule has 15 heavy (non-hydrogen) atoms. The Hall–Kier alpha value is -0.760. The minimum absolute atomic E-state index is 0.707. The molecule has 1 aromatic rings. The van der Waals surface area contributed by atoms with Crippen LogP contribution in [0, 0.1) is 19.8 Å². The van der Waals surface area contributed by atoms with Crippen LogP contribution >= 0.6 is 0 Å². The minimum Gasteiger partial charge on any atom is -0.365 e. The molecule has 1 aromatic heterocycles. The van der Waals surface area contributed by atoms with Crippen LogP contribution in [0.2, 0.25) is 0 Å². The van der Waals surface area contributed by atoms with Gasteiger partial charge >= 0.3 is 0 Å². The van der Waals surface area contributed by atoms with Crippen LogP contribution in [0.5, 0.6) is 0 Å². The molecule has 0 spiro atoms. The summed E-state index contributed by atoms with van der Waals surface area (Å²) in [5, 5.41) is 3.44. The SMILES string of the molecule is Cc1c[nH]c(C)c1C(C)C1CCNCC1. The number of aryl methyl sites for hydroxylation is 2. The molecule has 1 saturated heterocycles. The van der Waals surface area contributed by atoms with Gasteiger partial charge in [0, 0.05) is 11.9 Å². The normalized spacial score (nSPS) is 20.5. The summed E-state index contributed by atoms with van der Waals surface area (Å²) in [7, 11) is 0. The molecule has 1 unspecified atom stereocenters. The highest BCUT2D eigenvalue weighted by Crippen LogP contribution is 2.33. The maximum absolute atomic E-state index is 3.44. The maximum Gasteiger partial charge on any atom is 0.0153 e. The highest BCUT2D eigenvalue weighted by Gasteiger charge is 2.23. The topological polar surface area (TPSA) is 27.8 Å². The van der Waals surface area contributed by atoms with Crippen molar-refractivity contribution in [2.45, 2.75) is 39.5 Å². The molecule has 1 aliphatic rings. The largest absolute Gasteiger partial charge is 0.365 e. The van der Waals surface area contributed by atoms with Gasteiger partial charge in [0.05, 0.1) is 0 Å². The van der Waals surface area contributed by atoms with Gasteiger partial charge in [-0.15, -0.1) is 0 Å². The number of piperidine rings is 1. The predicted octanol–water partition coefficient (Wildman–Crippen LogP) is 2.73. The lowest BCUT2D eigenvalue weighted by Gasteiger charge is -2.29. The molecular formula is C13H22N2. The molecule has 84 valence electrons. The maximum atomic E-state index is 3.44. The molecule has 0 aromatic carbocycles. The van der Waals surface area contributed by atoms with Crippen LogP contribution in [0.4, 0.5) is 0 Å². The molecule has 1 fully saturated rings. The summed E-state index contributed by atoms with van der Waals surface area (Å²) in [6, 6.07) is 0. The zero-order valence-corrected chi connectivity index (χ0v) is 10.1. The van der Waals surface area contributed by atoms with Gasteiger partial charge in [0.15, 0.2) is 0 Å². The number of H-pyrrole nitrogens is 1. The van der Waals surface area contributed by atoms with Crippen molar-refractivity contribution in [3.05, 3.63) is 23.0 Å². The lowest BCUT2D eigenvalue weighted by Crippen LogP contribution is -2.30. The van der Waals surface area contributed by atoms with E-state index in [1.165, 1.54) is 37.2 Å². The van der Waals surface area contributed by atoms with E-state index in [9.17, 15) is 0 Å². The molecule has 0 radical (unpaired) electrons. The van der Waals surface area contributed by atoms with Gasteiger partial charge < -0.3 is 10.3 Å². The third-order valence-electron chi connectivity index (χ3n) is 3.88. The van der Waals surface area contributed by atoms with Crippen LogP contribution in [0.25, 0.3) is 0 Å². The van der Waals surface area contributed by atoms with E-state index in [1.54, 1.807) is 5.56 Å².